The van der Waals surface area contributed by atoms with E-state index in [0.29, 0.717) is 12.8 Å². The van der Waals surface area contributed by atoms with Crippen LogP contribution in [0.2, 0.25) is 0 Å². The lowest BCUT2D eigenvalue weighted by molar-refractivity contribution is -0.168. The number of hydrogen-bond acceptors (Lipinski definition) is 12. The molecule has 8 aliphatic rings. The monoisotopic (exact) mass is 682 g/mol. The van der Waals surface area contributed by atoms with Crippen LogP contribution in [0.5, 0.6) is 0 Å². The summed E-state index contributed by atoms with van der Waals surface area (Å²) in [5.74, 6) is -1.01. The molecule has 0 aromatic heterocycles. The summed E-state index contributed by atoms with van der Waals surface area (Å²) in [6.45, 7) is -0.899. The van der Waals surface area contributed by atoms with Crippen molar-refractivity contribution in [3.8, 4) is 0 Å². The van der Waals surface area contributed by atoms with E-state index in [2.05, 4.69) is 0 Å². The highest BCUT2D eigenvalue weighted by Gasteiger charge is 2.73. The zero-order valence-corrected chi connectivity index (χ0v) is 27.7. The molecule has 6 heterocycles. The Morgan fingerprint density at radius 3 is 1.91 bits per heavy atom. The van der Waals surface area contributed by atoms with Crippen molar-refractivity contribution in [1.29, 1.82) is 0 Å². The minimum absolute atomic E-state index is 0.178. The second-order valence-electron chi connectivity index (χ2n) is 11.6. The molecule has 1 unspecified atom stereocenters. The van der Waals surface area contributed by atoms with Crippen molar-refractivity contribution < 1.29 is 39.6 Å². The van der Waals surface area contributed by atoms with E-state index in [0.717, 1.165) is 22.9 Å². The van der Waals surface area contributed by atoms with Crippen LogP contribution in [-0.4, -0.2) is 147 Å². The standard InChI is InChI=1S/C15H20N2O4S2.C13H14N2O4S2/c1-16-12(20)14(22-2)7-9-5-4-6-10(19)11(9)17(14)13(21)15(16,8-18)23-3;1-14-10(18)12-5-7-3-2-4-8(17)9(7)15(12)11(19)13(14,6-16)21-20-12/h4-6,10-11,18-19H,7-8H2,1-3H3;2-4,8-9,16-17H,5-6H2,1H3/t10-,11?,14+,15+;8-,9-,12+,13+/m00/s1. The highest BCUT2D eigenvalue weighted by atomic mass is 33.1. The lowest BCUT2D eigenvalue weighted by atomic mass is 9.97. The second kappa shape index (κ2) is 10.8. The first-order valence-electron chi connectivity index (χ1n) is 13.9. The summed E-state index contributed by atoms with van der Waals surface area (Å²) in [6.07, 6.45) is 13.2. The van der Waals surface area contributed by atoms with Crippen molar-refractivity contribution in [3.05, 3.63) is 47.6 Å². The number of aliphatic hydroxyl groups is 4. The summed E-state index contributed by atoms with van der Waals surface area (Å²) >= 11 is 2.46. The van der Waals surface area contributed by atoms with Gasteiger partial charge in [0.15, 0.2) is 14.6 Å². The fraction of sp³-hybridized carbons (Fsp3) is 0.571. The number of nitrogens with zero attached hydrogens (tertiary/aromatic N) is 4. The van der Waals surface area contributed by atoms with Crippen molar-refractivity contribution in [1.82, 2.24) is 19.6 Å². The Kier molecular flexibility index (Phi) is 7.88. The third-order valence-corrected chi connectivity index (χ3v) is 15.8. The van der Waals surface area contributed by atoms with Gasteiger partial charge in [0.25, 0.3) is 23.6 Å². The number of likely N-dealkylation sites (N-methyl/N-ethyl adjacent to an activating group) is 2. The van der Waals surface area contributed by atoms with Gasteiger partial charge in [0.2, 0.25) is 4.87 Å². The van der Waals surface area contributed by atoms with Crippen molar-refractivity contribution in [2.24, 2.45) is 0 Å². The van der Waals surface area contributed by atoms with Gasteiger partial charge in [0.1, 0.15) is 0 Å². The fourth-order valence-electron chi connectivity index (χ4n) is 7.28. The summed E-state index contributed by atoms with van der Waals surface area (Å²) in [6, 6.07) is -1.05. The van der Waals surface area contributed by atoms with Crippen molar-refractivity contribution in [3.63, 3.8) is 0 Å². The predicted octanol–water partition coefficient (Wildman–Crippen LogP) is -0.276. The Bertz CT molecular complexity index is 1450. The quantitative estimate of drug-likeness (QED) is 0.288. The highest BCUT2D eigenvalue weighted by molar-refractivity contribution is 8.78. The number of fused-ring (bicyclic) bond motifs is 6. The molecule has 6 saturated heterocycles. The van der Waals surface area contributed by atoms with Gasteiger partial charge >= 0.3 is 0 Å². The minimum atomic E-state index is -1.34. The molecule has 238 valence electrons. The first-order chi connectivity index (χ1) is 20.9. The summed E-state index contributed by atoms with van der Waals surface area (Å²) in [7, 11) is 5.70. The number of piperazine rings is 2. The molecule has 4 amide bonds. The maximum absolute atomic E-state index is 13.3. The zero-order chi connectivity index (χ0) is 32.0. The average Bonchev–Trinajstić information content (AvgIpc) is 3.57. The minimum Gasteiger partial charge on any atom is -0.392 e. The molecule has 0 saturated carbocycles. The molecule has 16 heteroatoms. The average molecular weight is 683 g/mol. The van der Waals surface area contributed by atoms with Gasteiger partial charge in [-0.2, -0.15) is 0 Å². The van der Waals surface area contributed by atoms with Crippen molar-refractivity contribution in [2.75, 3.05) is 39.8 Å². The molecule has 4 N–H and O–H groups in total. The molecule has 0 radical (unpaired) electrons. The molecule has 6 aliphatic heterocycles. The third kappa shape index (κ3) is 3.79. The Balaban J connectivity index is 0.000000156. The van der Waals surface area contributed by atoms with E-state index in [-0.39, 0.29) is 23.6 Å². The summed E-state index contributed by atoms with van der Waals surface area (Å²) < 4.78 is 0. The molecule has 12 nitrogen and oxygen atoms in total. The smallest absolute Gasteiger partial charge is 0.264 e. The van der Waals surface area contributed by atoms with Gasteiger partial charge in [-0.3, -0.25) is 19.2 Å². The number of hydrogen-bond donors (Lipinski definition) is 4. The van der Waals surface area contributed by atoms with Crippen LogP contribution in [0.4, 0.5) is 0 Å². The van der Waals surface area contributed by atoms with Gasteiger partial charge in [0.05, 0.1) is 37.5 Å². The molecule has 2 bridgehead atoms. The Morgan fingerprint density at radius 1 is 0.773 bits per heavy atom. The van der Waals surface area contributed by atoms with E-state index < -0.39 is 57.0 Å². The number of carbonyl (C=O) groups is 4. The first kappa shape index (κ1) is 32.0. The SMILES string of the molecule is CN1C(=O)[C@]23CC4=CC=C[C@H](O)[C@H]4N2C(=O)[C@@]1(CO)SS3.CS[C@]1(CO)C(=O)N2C3C(=CC=C[C@@H]3O)C[C@@]2(SC)C(=O)N1C. The van der Waals surface area contributed by atoms with E-state index in [1.165, 1.54) is 52.9 Å². The van der Waals surface area contributed by atoms with E-state index >= 15 is 0 Å². The molecule has 2 aliphatic carbocycles. The van der Waals surface area contributed by atoms with Gasteiger partial charge < -0.3 is 40.0 Å². The Hall–Kier alpha value is -1.92. The Labute approximate surface area is 271 Å². The van der Waals surface area contributed by atoms with Crippen LogP contribution >= 0.6 is 45.1 Å². The number of aliphatic hydroxyl groups excluding tert-OH is 4. The zero-order valence-electron chi connectivity index (χ0n) is 24.4. The van der Waals surface area contributed by atoms with Crippen LogP contribution < -0.4 is 0 Å². The first-order valence-corrected chi connectivity index (χ1v) is 18.5. The summed E-state index contributed by atoms with van der Waals surface area (Å²) in [5, 5.41) is 40.2. The normalized spacial score (nSPS) is 41.6. The molecular formula is C28H34N4O8S4. The largest absolute Gasteiger partial charge is 0.392 e. The highest BCUT2D eigenvalue weighted by Crippen LogP contribution is 2.64. The molecule has 0 aromatic carbocycles. The second-order valence-corrected chi connectivity index (χ2v) is 16.4. The van der Waals surface area contributed by atoms with Crippen LogP contribution in [0.3, 0.4) is 0 Å². The maximum atomic E-state index is 13.3. The number of allylic oxidation sites excluding steroid dienone is 4. The van der Waals surface area contributed by atoms with Gasteiger partial charge in [-0.1, -0.05) is 47.3 Å². The van der Waals surface area contributed by atoms with Gasteiger partial charge in [-0.05, 0) is 34.5 Å². The number of thioether (sulfide) groups is 2. The third-order valence-electron chi connectivity index (χ3n) is 9.75. The Morgan fingerprint density at radius 2 is 1.36 bits per heavy atom. The van der Waals surface area contributed by atoms with Crippen molar-refractivity contribution in [2.45, 2.75) is 56.6 Å². The van der Waals surface area contributed by atoms with Gasteiger partial charge in [-0.15, -0.1) is 23.5 Å². The van der Waals surface area contributed by atoms with Crippen LogP contribution in [0, 0.1) is 0 Å². The van der Waals surface area contributed by atoms with Crippen LogP contribution in [0.25, 0.3) is 0 Å². The summed E-state index contributed by atoms with van der Waals surface area (Å²) in [5.41, 5.74) is 1.77. The topological polar surface area (TPSA) is 162 Å². The predicted molar refractivity (Wildman–Crippen MR) is 170 cm³/mol. The fourth-order valence-corrected chi connectivity index (χ4v) is 12.6. The lowest BCUT2D eigenvalue weighted by Crippen LogP contribution is -2.77. The molecule has 8 rings (SSSR count). The molecule has 8 atom stereocenters. The number of amides is 4. The molecular weight excluding hydrogens is 649 g/mol. The molecule has 44 heavy (non-hydrogen) atoms. The van der Waals surface area contributed by atoms with Crippen LogP contribution in [0.15, 0.2) is 47.6 Å². The van der Waals surface area contributed by atoms with E-state index in [1.807, 2.05) is 12.2 Å². The van der Waals surface area contributed by atoms with E-state index in [1.54, 1.807) is 50.9 Å². The lowest BCUT2D eigenvalue weighted by Gasteiger charge is -2.58. The van der Waals surface area contributed by atoms with Crippen LogP contribution in [-0.2, 0) is 19.2 Å². The van der Waals surface area contributed by atoms with E-state index in [9.17, 15) is 39.6 Å². The van der Waals surface area contributed by atoms with Gasteiger partial charge in [0, 0.05) is 26.9 Å². The van der Waals surface area contributed by atoms with Gasteiger partial charge in [-0.25, -0.2) is 0 Å². The van der Waals surface area contributed by atoms with Crippen LogP contribution in [0.1, 0.15) is 12.8 Å². The summed E-state index contributed by atoms with van der Waals surface area (Å²) in [4.78, 5) is 53.3. The van der Waals surface area contributed by atoms with Crippen molar-refractivity contribution >= 4 is 68.7 Å². The van der Waals surface area contributed by atoms with E-state index in [4.69, 9.17) is 0 Å². The number of rotatable bonds is 4. The molecule has 1 spiro atoms. The maximum Gasteiger partial charge on any atom is 0.264 e. The molecule has 6 fully saturated rings. The number of carbonyl (C=O) groups excluding carboxylic acids is 4. The molecule has 0 aromatic rings.